The lowest BCUT2D eigenvalue weighted by molar-refractivity contribution is -0.0405. The van der Waals surface area contributed by atoms with Crippen molar-refractivity contribution in [2.75, 3.05) is 33.5 Å². The molecule has 0 radical (unpaired) electrons. The maximum absolute atomic E-state index is 5.79. The summed E-state index contributed by atoms with van der Waals surface area (Å²) in [7, 11) is 1.69. The zero-order chi connectivity index (χ0) is 14.8. The van der Waals surface area contributed by atoms with E-state index in [-0.39, 0.29) is 6.10 Å². The van der Waals surface area contributed by atoms with Crippen LogP contribution < -0.4 is 0 Å². The van der Waals surface area contributed by atoms with Crippen molar-refractivity contribution in [3.05, 3.63) is 0 Å². The van der Waals surface area contributed by atoms with Crippen LogP contribution in [0.4, 0.5) is 0 Å². The van der Waals surface area contributed by atoms with Gasteiger partial charge < -0.3 is 14.2 Å². The van der Waals surface area contributed by atoms with E-state index in [1.165, 1.54) is 0 Å². The van der Waals surface area contributed by atoms with Gasteiger partial charge >= 0.3 is 0 Å². The summed E-state index contributed by atoms with van der Waals surface area (Å²) >= 11 is 0. The van der Waals surface area contributed by atoms with Gasteiger partial charge in [-0.2, -0.15) is 0 Å². The molecule has 19 heavy (non-hydrogen) atoms. The third-order valence-electron chi connectivity index (χ3n) is 2.98. The fourth-order valence-electron chi connectivity index (χ4n) is 2.32. The average molecular weight is 275 g/mol. The maximum atomic E-state index is 5.79. The van der Waals surface area contributed by atoms with E-state index in [9.17, 15) is 0 Å². The molecular formula is C15H33NO3. The molecule has 0 heterocycles. The molecule has 0 aromatic rings. The average Bonchev–Trinajstić information content (AvgIpc) is 2.29. The Morgan fingerprint density at radius 3 is 1.84 bits per heavy atom. The summed E-state index contributed by atoms with van der Waals surface area (Å²) < 4.78 is 16.5. The largest absolute Gasteiger partial charge is 0.382 e. The number of hydrogen-bond acceptors (Lipinski definition) is 4. The molecule has 0 N–H and O–H groups in total. The summed E-state index contributed by atoms with van der Waals surface area (Å²) in [6.45, 7) is 15.7. The van der Waals surface area contributed by atoms with Crippen molar-refractivity contribution in [1.82, 2.24) is 4.90 Å². The van der Waals surface area contributed by atoms with E-state index < -0.39 is 0 Å². The predicted molar refractivity (Wildman–Crippen MR) is 79.7 cm³/mol. The van der Waals surface area contributed by atoms with E-state index in [1.54, 1.807) is 7.11 Å². The predicted octanol–water partition coefficient (Wildman–Crippen LogP) is 2.56. The fourth-order valence-corrected chi connectivity index (χ4v) is 2.32. The van der Waals surface area contributed by atoms with E-state index in [1.807, 2.05) is 0 Å². The molecule has 0 aromatic carbocycles. The van der Waals surface area contributed by atoms with Gasteiger partial charge in [-0.25, -0.2) is 0 Å². The van der Waals surface area contributed by atoms with Crippen molar-refractivity contribution >= 4 is 0 Å². The molecule has 0 amide bonds. The topological polar surface area (TPSA) is 30.9 Å². The van der Waals surface area contributed by atoms with Crippen LogP contribution in [0, 0.1) is 0 Å². The number of rotatable bonds is 11. The van der Waals surface area contributed by atoms with Crippen LogP contribution in [-0.4, -0.2) is 62.7 Å². The Morgan fingerprint density at radius 2 is 1.42 bits per heavy atom. The molecule has 0 aliphatic heterocycles. The summed E-state index contributed by atoms with van der Waals surface area (Å²) in [5.41, 5.74) is 0. The molecular weight excluding hydrogens is 242 g/mol. The highest BCUT2D eigenvalue weighted by molar-refractivity contribution is 4.78. The molecule has 0 rings (SSSR count). The molecule has 1 atom stereocenters. The van der Waals surface area contributed by atoms with Crippen LogP contribution in [0.3, 0.4) is 0 Å². The standard InChI is InChI=1S/C15H33NO3/c1-12(2)16(13(3)4)15(11-19-14(5)6)10-18-9-8-17-7/h12-15H,8-11H2,1-7H3. The summed E-state index contributed by atoms with van der Waals surface area (Å²) in [6, 6.07) is 1.25. The lowest BCUT2D eigenvalue weighted by Gasteiger charge is -2.38. The van der Waals surface area contributed by atoms with Crippen LogP contribution >= 0.6 is 0 Å². The van der Waals surface area contributed by atoms with Gasteiger partial charge in [-0.3, -0.25) is 4.90 Å². The van der Waals surface area contributed by atoms with Gasteiger partial charge in [0.2, 0.25) is 0 Å². The van der Waals surface area contributed by atoms with Crippen LogP contribution in [-0.2, 0) is 14.2 Å². The van der Waals surface area contributed by atoms with Crippen LogP contribution in [0.15, 0.2) is 0 Å². The summed E-state index contributed by atoms with van der Waals surface area (Å²) in [5, 5.41) is 0. The molecule has 0 fully saturated rings. The Bertz CT molecular complexity index is 200. The Hall–Kier alpha value is -0.160. The molecule has 116 valence electrons. The smallest absolute Gasteiger partial charge is 0.0701 e. The zero-order valence-electron chi connectivity index (χ0n) is 13.8. The van der Waals surface area contributed by atoms with E-state index >= 15 is 0 Å². The number of methoxy groups -OCH3 is 1. The van der Waals surface area contributed by atoms with Gasteiger partial charge in [0.25, 0.3) is 0 Å². The summed E-state index contributed by atoms with van der Waals surface area (Å²) in [5.74, 6) is 0. The van der Waals surface area contributed by atoms with Crippen LogP contribution in [0.25, 0.3) is 0 Å². The Morgan fingerprint density at radius 1 is 0.842 bits per heavy atom. The zero-order valence-corrected chi connectivity index (χ0v) is 13.8. The van der Waals surface area contributed by atoms with Crippen LogP contribution in [0.1, 0.15) is 41.5 Å². The Labute approximate surface area is 119 Å². The van der Waals surface area contributed by atoms with Crippen LogP contribution in [0.5, 0.6) is 0 Å². The van der Waals surface area contributed by atoms with E-state index in [0.29, 0.717) is 44.6 Å². The van der Waals surface area contributed by atoms with Crippen molar-refractivity contribution < 1.29 is 14.2 Å². The molecule has 0 aliphatic carbocycles. The minimum atomic E-state index is 0.252. The number of nitrogens with zero attached hydrogens (tertiary/aromatic N) is 1. The molecule has 0 saturated heterocycles. The molecule has 0 bridgehead atoms. The first kappa shape index (κ1) is 18.8. The lowest BCUT2D eigenvalue weighted by Crippen LogP contribution is -2.50. The SMILES string of the molecule is COCCOCC(COC(C)C)N(C(C)C)C(C)C. The summed E-state index contributed by atoms with van der Waals surface area (Å²) in [6.07, 6.45) is 0.252. The maximum Gasteiger partial charge on any atom is 0.0701 e. The highest BCUT2D eigenvalue weighted by Crippen LogP contribution is 2.12. The second-order valence-corrected chi connectivity index (χ2v) is 5.74. The van der Waals surface area contributed by atoms with Gasteiger partial charge in [-0.05, 0) is 41.5 Å². The molecule has 1 unspecified atom stereocenters. The molecule has 0 aromatic heterocycles. The quantitative estimate of drug-likeness (QED) is 0.542. The molecule has 4 nitrogen and oxygen atoms in total. The van der Waals surface area contributed by atoms with Gasteiger partial charge in [0, 0.05) is 19.2 Å². The van der Waals surface area contributed by atoms with Crippen LogP contribution in [0.2, 0.25) is 0 Å². The first-order chi connectivity index (χ1) is 8.90. The Kier molecular flexibility index (Phi) is 10.5. The molecule has 0 spiro atoms. The lowest BCUT2D eigenvalue weighted by atomic mass is 10.1. The number of hydrogen-bond donors (Lipinski definition) is 0. The first-order valence-corrected chi connectivity index (χ1v) is 7.35. The first-order valence-electron chi connectivity index (χ1n) is 7.35. The monoisotopic (exact) mass is 275 g/mol. The Balaban J connectivity index is 4.43. The van der Waals surface area contributed by atoms with Crippen molar-refractivity contribution in [2.45, 2.75) is 65.8 Å². The van der Waals surface area contributed by atoms with E-state index in [4.69, 9.17) is 14.2 Å². The minimum Gasteiger partial charge on any atom is -0.382 e. The van der Waals surface area contributed by atoms with Crippen molar-refractivity contribution in [1.29, 1.82) is 0 Å². The van der Waals surface area contributed by atoms with Crippen molar-refractivity contribution in [3.8, 4) is 0 Å². The fraction of sp³-hybridized carbons (Fsp3) is 1.00. The minimum absolute atomic E-state index is 0.252. The molecule has 0 aliphatic rings. The van der Waals surface area contributed by atoms with Gasteiger partial charge in [0.1, 0.15) is 0 Å². The second-order valence-electron chi connectivity index (χ2n) is 5.74. The van der Waals surface area contributed by atoms with Crippen molar-refractivity contribution in [2.24, 2.45) is 0 Å². The van der Waals surface area contributed by atoms with Crippen molar-refractivity contribution in [3.63, 3.8) is 0 Å². The van der Waals surface area contributed by atoms with Gasteiger partial charge in [0.15, 0.2) is 0 Å². The van der Waals surface area contributed by atoms with Gasteiger partial charge in [-0.1, -0.05) is 0 Å². The highest BCUT2D eigenvalue weighted by atomic mass is 16.5. The molecule has 0 saturated carbocycles. The highest BCUT2D eigenvalue weighted by Gasteiger charge is 2.24. The van der Waals surface area contributed by atoms with Gasteiger partial charge in [0.05, 0.1) is 38.6 Å². The second kappa shape index (κ2) is 10.6. The van der Waals surface area contributed by atoms with E-state index in [2.05, 4.69) is 46.4 Å². The normalized spacial score (nSPS) is 14.1. The molecule has 4 heteroatoms. The third-order valence-corrected chi connectivity index (χ3v) is 2.98. The summed E-state index contributed by atoms with van der Waals surface area (Å²) in [4.78, 5) is 2.45. The third kappa shape index (κ3) is 8.58. The number of ether oxygens (including phenoxy) is 3. The van der Waals surface area contributed by atoms with Gasteiger partial charge in [-0.15, -0.1) is 0 Å². The van der Waals surface area contributed by atoms with E-state index in [0.717, 1.165) is 0 Å².